The molecule has 2 rings (SSSR count). The number of nitrogens with zero attached hydrogens (tertiary/aromatic N) is 2. The van der Waals surface area contributed by atoms with Gasteiger partial charge < -0.3 is 10.3 Å². The van der Waals surface area contributed by atoms with Gasteiger partial charge in [-0.15, -0.1) is 0 Å². The van der Waals surface area contributed by atoms with Gasteiger partial charge in [-0.1, -0.05) is 23.2 Å². The topological polar surface area (TPSA) is 43.8 Å². The van der Waals surface area contributed by atoms with Crippen LogP contribution in [0.15, 0.2) is 12.1 Å². The van der Waals surface area contributed by atoms with Crippen LogP contribution in [0.1, 0.15) is 0 Å². The van der Waals surface area contributed by atoms with Gasteiger partial charge in [0.1, 0.15) is 0 Å². The number of nitrogen functional groups attached to an aromatic ring is 1. The summed E-state index contributed by atoms with van der Waals surface area (Å²) in [5.74, 6) is -4.53. The Kier molecular flexibility index (Phi) is 3.53. The van der Waals surface area contributed by atoms with Crippen LogP contribution in [0.2, 0.25) is 10.0 Å². The van der Waals surface area contributed by atoms with Crippen LogP contribution < -0.4 is 5.73 Å². The molecule has 0 saturated heterocycles. The molecule has 1 aromatic heterocycles. The first-order valence-electron chi connectivity index (χ1n) is 4.99. The summed E-state index contributed by atoms with van der Waals surface area (Å²) in [7, 11) is 0. The Morgan fingerprint density at radius 1 is 1.26 bits per heavy atom. The zero-order chi connectivity index (χ0) is 14.4. The fraction of sp³-hybridized carbons (Fsp3) is 0.300. The highest BCUT2D eigenvalue weighted by atomic mass is 35.5. The van der Waals surface area contributed by atoms with E-state index in [0.717, 1.165) is 4.57 Å². The van der Waals surface area contributed by atoms with Gasteiger partial charge in [0.05, 0.1) is 27.6 Å². The molecule has 0 spiro atoms. The lowest BCUT2D eigenvalue weighted by Crippen LogP contribution is -2.32. The summed E-state index contributed by atoms with van der Waals surface area (Å²) < 4.78 is 51.4. The number of aromatic nitrogens is 2. The van der Waals surface area contributed by atoms with Gasteiger partial charge in [-0.25, -0.2) is 13.8 Å². The maximum absolute atomic E-state index is 13.1. The number of hydrogen-bond donors (Lipinski definition) is 1. The molecular formula is C10H7Cl2F4N3. The van der Waals surface area contributed by atoms with Crippen LogP contribution in [0.3, 0.4) is 0 Å². The van der Waals surface area contributed by atoms with Gasteiger partial charge in [0, 0.05) is 0 Å². The highest BCUT2D eigenvalue weighted by molar-refractivity contribution is 6.42. The number of anilines is 1. The second kappa shape index (κ2) is 4.72. The Balaban J connectivity index is 2.54. The van der Waals surface area contributed by atoms with Crippen molar-refractivity contribution in [2.45, 2.75) is 18.9 Å². The lowest BCUT2D eigenvalue weighted by Gasteiger charge is -2.17. The van der Waals surface area contributed by atoms with Crippen molar-refractivity contribution in [3.63, 3.8) is 0 Å². The lowest BCUT2D eigenvalue weighted by molar-refractivity contribution is -0.136. The fourth-order valence-electron chi connectivity index (χ4n) is 1.58. The van der Waals surface area contributed by atoms with Crippen LogP contribution in [-0.2, 0) is 6.54 Å². The van der Waals surface area contributed by atoms with E-state index in [2.05, 4.69) is 4.98 Å². The van der Waals surface area contributed by atoms with Crippen LogP contribution in [0.4, 0.5) is 23.5 Å². The predicted octanol–water partition coefficient (Wildman–Crippen LogP) is 3.83. The molecule has 0 aliphatic heterocycles. The molecule has 2 aromatic rings. The van der Waals surface area contributed by atoms with Crippen molar-refractivity contribution in [2.75, 3.05) is 5.73 Å². The summed E-state index contributed by atoms with van der Waals surface area (Å²) in [5.41, 5.74) is 5.77. The molecule has 0 radical (unpaired) electrons. The van der Waals surface area contributed by atoms with Gasteiger partial charge >= 0.3 is 12.3 Å². The molecule has 0 saturated carbocycles. The van der Waals surface area contributed by atoms with Gasteiger partial charge in [0.2, 0.25) is 5.95 Å². The predicted molar refractivity (Wildman–Crippen MR) is 65.1 cm³/mol. The maximum atomic E-state index is 13.1. The Hall–Kier alpha value is -1.21. The molecule has 9 heteroatoms. The maximum Gasteiger partial charge on any atom is 0.324 e. The Bertz CT molecular complexity index is 627. The van der Waals surface area contributed by atoms with E-state index in [0.29, 0.717) is 0 Å². The minimum Gasteiger partial charge on any atom is -0.369 e. The molecule has 19 heavy (non-hydrogen) atoms. The van der Waals surface area contributed by atoms with Crippen molar-refractivity contribution in [1.29, 1.82) is 0 Å². The van der Waals surface area contributed by atoms with Crippen molar-refractivity contribution >= 4 is 40.2 Å². The van der Waals surface area contributed by atoms with Crippen LogP contribution >= 0.6 is 23.2 Å². The number of rotatable bonds is 3. The first-order chi connectivity index (χ1) is 8.72. The molecule has 0 atom stereocenters. The molecule has 3 nitrogen and oxygen atoms in total. The number of fused-ring (bicyclic) bond motifs is 1. The van der Waals surface area contributed by atoms with Crippen molar-refractivity contribution in [1.82, 2.24) is 9.55 Å². The highest BCUT2D eigenvalue weighted by Gasteiger charge is 2.41. The van der Waals surface area contributed by atoms with E-state index in [9.17, 15) is 17.6 Å². The fourth-order valence-corrected chi connectivity index (χ4v) is 1.90. The van der Waals surface area contributed by atoms with E-state index >= 15 is 0 Å². The largest absolute Gasteiger partial charge is 0.369 e. The highest BCUT2D eigenvalue weighted by Crippen LogP contribution is 2.32. The number of nitrogens with two attached hydrogens (primary N) is 1. The van der Waals surface area contributed by atoms with Crippen molar-refractivity contribution in [2.24, 2.45) is 0 Å². The zero-order valence-corrected chi connectivity index (χ0v) is 10.7. The molecule has 104 valence electrons. The van der Waals surface area contributed by atoms with Gasteiger partial charge in [-0.05, 0) is 12.1 Å². The van der Waals surface area contributed by atoms with E-state index in [1.54, 1.807) is 0 Å². The molecule has 0 aliphatic rings. The molecule has 0 unspecified atom stereocenters. The van der Waals surface area contributed by atoms with Crippen LogP contribution in [0, 0.1) is 0 Å². The van der Waals surface area contributed by atoms with E-state index < -0.39 is 18.9 Å². The Morgan fingerprint density at radius 3 is 2.42 bits per heavy atom. The molecule has 1 aromatic carbocycles. The van der Waals surface area contributed by atoms with Crippen molar-refractivity contribution in [3.8, 4) is 0 Å². The first-order valence-corrected chi connectivity index (χ1v) is 5.74. The summed E-state index contributed by atoms with van der Waals surface area (Å²) in [5, 5.41) is 0.259. The molecule has 2 N–H and O–H groups in total. The molecule has 0 bridgehead atoms. The third-order valence-electron chi connectivity index (χ3n) is 2.51. The third kappa shape index (κ3) is 2.57. The zero-order valence-electron chi connectivity index (χ0n) is 9.18. The molecule has 0 fully saturated rings. The minimum atomic E-state index is -4.21. The molecule has 0 amide bonds. The van der Waals surface area contributed by atoms with E-state index in [4.69, 9.17) is 28.9 Å². The van der Waals surface area contributed by atoms with Crippen LogP contribution in [0.25, 0.3) is 11.0 Å². The standard InChI is InChI=1S/C10H7Cl2F4N3/c11-4-1-6-7(2-5(4)12)19(9(17)18-6)3-10(15,16)8(13)14/h1-2,8H,3H2,(H2,17,18). The summed E-state index contributed by atoms with van der Waals surface area (Å²) in [6.45, 7) is -1.29. The van der Waals surface area contributed by atoms with Crippen LogP contribution in [0.5, 0.6) is 0 Å². The normalized spacial score (nSPS) is 12.6. The smallest absolute Gasteiger partial charge is 0.324 e. The minimum absolute atomic E-state index is 0.0932. The average Bonchev–Trinajstić information content (AvgIpc) is 2.56. The van der Waals surface area contributed by atoms with Gasteiger partial charge in [-0.3, -0.25) is 0 Å². The Morgan fingerprint density at radius 2 is 1.84 bits per heavy atom. The molecule has 1 heterocycles. The second-order valence-corrected chi connectivity index (χ2v) is 4.69. The quantitative estimate of drug-likeness (QED) is 0.875. The summed E-state index contributed by atoms with van der Waals surface area (Å²) in [4.78, 5) is 3.78. The number of imidazole rings is 1. The van der Waals surface area contributed by atoms with Crippen molar-refractivity contribution < 1.29 is 17.6 Å². The monoisotopic (exact) mass is 315 g/mol. The lowest BCUT2D eigenvalue weighted by atomic mass is 10.3. The molecular weight excluding hydrogens is 309 g/mol. The average molecular weight is 316 g/mol. The van der Waals surface area contributed by atoms with E-state index in [1.807, 2.05) is 0 Å². The van der Waals surface area contributed by atoms with Gasteiger partial charge in [0.25, 0.3) is 0 Å². The number of hydrogen-bond acceptors (Lipinski definition) is 2. The van der Waals surface area contributed by atoms with Crippen LogP contribution in [-0.4, -0.2) is 21.9 Å². The van der Waals surface area contributed by atoms with Crippen molar-refractivity contribution in [3.05, 3.63) is 22.2 Å². The Labute approximate surface area is 114 Å². The second-order valence-electron chi connectivity index (χ2n) is 3.87. The summed E-state index contributed by atoms with van der Waals surface area (Å²) in [6, 6.07) is 2.58. The van der Waals surface area contributed by atoms with E-state index in [1.165, 1.54) is 12.1 Å². The van der Waals surface area contributed by atoms with Gasteiger partial charge in [-0.2, -0.15) is 8.78 Å². The number of halogens is 6. The third-order valence-corrected chi connectivity index (χ3v) is 3.23. The van der Waals surface area contributed by atoms with E-state index in [-0.39, 0.29) is 27.0 Å². The number of benzene rings is 1. The number of alkyl halides is 4. The molecule has 0 aliphatic carbocycles. The summed E-state index contributed by atoms with van der Waals surface area (Å²) in [6.07, 6.45) is -3.80. The first kappa shape index (κ1) is 14.2. The van der Waals surface area contributed by atoms with Gasteiger partial charge in [0.15, 0.2) is 0 Å². The SMILES string of the molecule is Nc1nc2cc(Cl)c(Cl)cc2n1CC(F)(F)C(F)F. The summed E-state index contributed by atoms with van der Waals surface area (Å²) >= 11 is 11.5.